The van der Waals surface area contributed by atoms with E-state index in [-0.39, 0.29) is 0 Å². The summed E-state index contributed by atoms with van der Waals surface area (Å²) in [6, 6.07) is 15.3. The van der Waals surface area contributed by atoms with E-state index in [9.17, 15) is 4.21 Å². The second kappa shape index (κ2) is 7.78. The van der Waals surface area contributed by atoms with Crippen LogP contribution in [0.3, 0.4) is 0 Å². The summed E-state index contributed by atoms with van der Waals surface area (Å²) in [6.45, 7) is 1.96. The van der Waals surface area contributed by atoms with Gasteiger partial charge in [-0.05, 0) is 55.3 Å². The minimum atomic E-state index is -2.70. The molecule has 148 valence electrons. The highest BCUT2D eigenvalue weighted by atomic mass is 32.8. The summed E-state index contributed by atoms with van der Waals surface area (Å²) < 4.78 is 15.1. The van der Waals surface area contributed by atoms with Gasteiger partial charge in [0.25, 0.3) is 0 Å². The third-order valence-corrected chi connectivity index (χ3v) is 7.03. The molecule has 0 saturated heterocycles. The van der Waals surface area contributed by atoms with Crippen molar-refractivity contribution in [3.63, 3.8) is 0 Å². The van der Waals surface area contributed by atoms with Gasteiger partial charge in [0.15, 0.2) is 0 Å². The average molecular weight is 425 g/mol. The minimum Gasteiger partial charge on any atom is -0.361 e. The summed E-state index contributed by atoms with van der Waals surface area (Å²) in [5, 5.41) is 7.70. The Morgan fingerprint density at radius 3 is 2.59 bits per heavy atom. The molecule has 9 heteroatoms. The van der Waals surface area contributed by atoms with E-state index in [2.05, 4.69) is 30.3 Å². The fourth-order valence-electron chi connectivity index (χ4n) is 2.93. The molecule has 2 heterocycles. The molecule has 4 rings (SSSR count). The Kier molecular flexibility index (Phi) is 5.18. The summed E-state index contributed by atoms with van der Waals surface area (Å²) in [4.78, 5) is 12.3. The fraction of sp³-hybridized carbons (Fsp3) is 0.100. The van der Waals surface area contributed by atoms with E-state index in [1.807, 2.05) is 49.5 Å². The number of rotatable bonds is 6. The third-order valence-electron chi connectivity index (χ3n) is 4.55. The number of benzene rings is 2. The van der Waals surface area contributed by atoms with Crippen LogP contribution in [-0.2, 0) is 19.9 Å². The van der Waals surface area contributed by atoms with Crippen LogP contribution in [0.1, 0.15) is 5.56 Å². The quantitative estimate of drug-likeness (QED) is 0.374. The number of aromatic amines is 1. The molecule has 2 aromatic carbocycles. The maximum Gasteiger partial charge on any atom is 0.135 e. The van der Waals surface area contributed by atoms with Gasteiger partial charge in [-0.1, -0.05) is 12.1 Å². The fourth-order valence-corrected chi connectivity index (χ4v) is 3.99. The van der Waals surface area contributed by atoms with Crippen molar-refractivity contribution in [2.24, 2.45) is 0 Å². The molecule has 1 unspecified atom stereocenters. The van der Waals surface area contributed by atoms with Crippen molar-refractivity contribution in [2.75, 3.05) is 17.7 Å². The van der Waals surface area contributed by atoms with Gasteiger partial charge in [0.1, 0.15) is 26.6 Å². The molecule has 0 radical (unpaired) electrons. The van der Waals surface area contributed by atoms with Crippen LogP contribution in [0.15, 0.2) is 66.0 Å². The molecule has 29 heavy (non-hydrogen) atoms. The molecule has 0 bridgehead atoms. The zero-order valence-electron chi connectivity index (χ0n) is 15.9. The Morgan fingerprint density at radius 2 is 1.79 bits per heavy atom. The SMILES string of the molecule is CNS(=O)(=S)c1ccc(C)c(Nc2cc(Nc3ccc4cc[nH]c4c3)ncn2)c1. The number of aromatic nitrogens is 3. The van der Waals surface area contributed by atoms with Crippen molar-refractivity contribution < 1.29 is 4.21 Å². The summed E-state index contributed by atoms with van der Waals surface area (Å²) in [6.07, 6.45) is 3.40. The molecule has 2 aromatic heterocycles. The van der Waals surface area contributed by atoms with Crippen LogP contribution in [0.2, 0.25) is 0 Å². The van der Waals surface area contributed by atoms with Crippen molar-refractivity contribution in [3.05, 3.63) is 66.6 Å². The molecule has 0 amide bonds. The van der Waals surface area contributed by atoms with Crippen molar-refractivity contribution in [3.8, 4) is 0 Å². The number of hydrogen-bond acceptors (Lipinski definition) is 6. The van der Waals surface area contributed by atoms with Gasteiger partial charge in [0.2, 0.25) is 0 Å². The lowest BCUT2D eigenvalue weighted by atomic mass is 10.2. The number of nitrogens with one attached hydrogen (secondary N) is 4. The molecule has 0 aliphatic rings. The Labute approximate surface area is 173 Å². The first-order valence-electron chi connectivity index (χ1n) is 8.92. The van der Waals surface area contributed by atoms with Crippen LogP contribution in [0.25, 0.3) is 10.9 Å². The van der Waals surface area contributed by atoms with Gasteiger partial charge >= 0.3 is 0 Å². The van der Waals surface area contributed by atoms with Crippen LogP contribution in [0.5, 0.6) is 0 Å². The van der Waals surface area contributed by atoms with Gasteiger partial charge in [-0.15, -0.1) is 0 Å². The molecule has 1 atom stereocenters. The largest absolute Gasteiger partial charge is 0.361 e. The topological polar surface area (TPSA) is 94.7 Å². The molecule has 4 N–H and O–H groups in total. The average Bonchev–Trinajstić information content (AvgIpc) is 3.18. The van der Waals surface area contributed by atoms with Crippen molar-refractivity contribution in [2.45, 2.75) is 11.8 Å². The van der Waals surface area contributed by atoms with Gasteiger partial charge in [0, 0.05) is 40.3 Å². The van der Waals surface area contributed by atoms with Crippen LogP contribution in [0.4, 0.5) is 23.0 Å². The zero-order valence-corrected chi connectivity index (χ0v) is 17.5. The predicted octanol–water partition coefficient (Wildman–Crippen LogP) is 3.99. The molecular formula is C20H20N6OS2. The van der Waals surface area contributed by atoms with E-state index in [0.717, 1.165) is 27.8 Å². The smallest absolute Gasteiger partial charge is 0.135 e. The second-order valence-corrected chi connectivity index (χ2v) is 9.80. The van der Waals surface area contributed by atoms with E-state index in [1.165, 1.54) is 6.33 Å². The second-order valence-electron chi connectivity index (χ2n) is 6.50. The lowest BCUT2D eigenvalue weighted by Crippen LogP contribution is -2.17. The third kappa shape index (κ3) is 4.21. The number of aryl methyl sites for hydroxylation is 1. The van der Waals surface area contributed by atoms with Gasteiger partial charge in [-0.2, -0.15) is 0 Å². The number of fused-ring (bicyclic) bond motifs is 1. The van der Waals surface area contributed by atoms with Crippen molar-refractivity contribution in [1.29, 1.82) is 0 Å². The van der Waals surface area contributed by atoms with E-state index in [1.54, 1.807) is 19.2 Å². The molecule has 0 aliphatic heterocycles. The lowest BCUT2D eigenvalue weighted by molar-refractivity contribution is 0.676. The maximum atomic E-state index is 12.4. The van der Waals surface area contributed by atoms with Crippen molar-refractivity contribution >= 4 is 53.8 Å². The Balaban J connectivity index is 1.58. The highest BCUT2D eigenvalue weighted by Gasteiger charge is 2.10. The first kappa shape index (κ1) is 19.3. The molecule has 0 saturated carbocycles. The summed E-state index contributed by atoms with van der Waals surface area (Å²) in [5.41, 5.74) is 3.74. The van der Waals surface area contributed by atoms with Crippen LogP contribution >= 0.6 is 0 Å². The van der Waals surface area contributed by atoms with Crippen LogP contribution in [0, 0.1) is 6.92 Å². The monoisotopic (exact) mass is 424 g/mol. The van der Waals surface area contributed by atoms with Gasteiger partial charge in [-0.25, -0.2) is 18.9 Å². The highest BCUT2D eigenvalue weighted by molar-refractivity contribution is 8.31. The standard InChI is InChI=1S/C20H20N6OS2/c1-13-3-6-16(29(27,28)21-2)10-17(13)26-20-11-19(23-12-24-20)25-15-5-4-14-7-8-22-18(14)9-15/h3-12,21-22H,1-2H3,(H2,23,24,25,26). The first-order chi connectivity index (χ1) is 13.9. The molecule has 0 spiro atoms. The molecule has 0 aliphatic carbocycles. The number of H-pyrrole nitrogens is 1. The van der Waals surface area contributed by atoms with Gasteiger partial charge < -0.3 is 15.6 Å². The predicted molar refractivity (Wildman–Crippen MR) is 121 cm³/mol. The molecule has 0 fully saturated rings. The molecule has 7 nitrogen and oxygen atoms in total. The van der Waals surface area contributed by atoms with Crippen LogP contribution < -0.4 is 15.4 Å². The molecule has 4 aromatic rings. The van der Waals surface area contributed by atoms with E-state index in [4.69, 9.17) is 11.2 Å². The summed E-state index contributed by atoms with van der Waals surface area (Å²) >= 11 is 5.15. The van der Waals surface area contributed by atoms with E-state index < -0.39 is 8.68 Å². The Hall–Kier alpha value is -3.01. The van der Waals surface area contributed by atoms with Gasteiger partial charge in [0.05, 0.1) is 4.90 Å². The van der Waals surface area contributed by atoms with Crippen LogP contribution in [-0.4, -0.2) is 26.2 Å². The van der Waals surface area contributed by atoms with Crippen molar-refractivity contribution in [1.82, 2.24) is 19.7 Å². The summed E-state index contributed by atoms with van der Waals surface area (Å²) in [7, 11) is -1.10. The highest BCUT2D eigenvalue weighted by Crippen LogP contribution is 2.25. The maximum absolute atomic E-state index is 12.4. The lowest BCUT2D eigenvalue weighted by Gasteiger charge is -2.13. The Morgan fingerprint density at radius 1 is 1.00 bits per heavy atom. The Bertz CT molecular complexity index is 1280. The zero-order chi connectivity index (χ0) is 20.4. The van der Waals surface area contributed by atoms with Gasteiger partial charge in [-0.3, -0.25) is 0 Å². The summed E-state index contributed by atoms with van der Waals surface area (Å²) in [5.74, 6) is 1.27. The molecular weight excluding hydrogens is 404 g/mol. The van der Waals surface area contributed by atoms with E-state index in [0.29, 0.717) is 16.5 Å². The normalized spacial score (nSPS) is 13.2. The number of nitrogens with zero attached hydrogens (tertiary/aromatic N) is 2. The number of hydrogen-bond donors (Lipinski definition) is 4. The number of anilines is 4. The van der Waals surface area contributed by atoms with E-state index >= 15 is 0 Å². The minimum absolute atomic E-state index is 0.551. The first-order valence-corrected chi connectivity index (χ1v) is 11.4.